The molecule has 13 rings (SSSR count). The van der Waals surface area contributed by atoms with E-state index in [2.05, 4.69) is 271 Å². The Bertz CT molecular complexity index is 3950. The first-order chi connectivity index (χ1) is 34.0. The monoisotopic (exact) mass is 881 g/mol. The summed E-state index contributed by atoms with van der Waals surface area (Å²) in [6, 6.07) is 90.4. The molecule has 0 unspecified atom stereocenters. The molecule has 0 aliphatic carbocycles. The normalized spacial score (nSPS) is 14.9. The third kappa shape index (κ3) is 7.10. The highest BCUT2D eigenvalue weighted by Crippen LogP contribution is 2.42. The second-order valence-corrected chi connectivity index (χ2v) is 18.6. The smallest absolute Gasteiger partial charge is 0.0876 e. The fraction of sp³-hybridized carbons (Fsp3) is 0.0455. The van der Waals surface area contributed by atoms with Crippen molar-refractivity contribution in [3.05, 3.63) is 271 Å². The van der Waals surface area contributed by atoms with Crippen LogP contribution < -0.4 is 0 Å². The van der Waals surface area contributed by atoms with E-state index in [0.717, 1.165) is 29.1 Å². The maximum atomic E-state index is 5.54. The second kappa shape index (κ2) is 16.5. The first kappa shape index (κ1) is 40.5. The zero-order valence-corrected chi connectivity index (χ0v) is 38.3. The number of rotatable bonds is 8. The molecule has 0 bridgehead atoms. The zero-order valence-electron chi connectivity index (χ0n) is 38.3. The lowest BCUT2D eigenvalue weighted by molar-refractivity contribution is 0.510. The predicted octanol–water partition coefficient (Wildman–Crippen LogP) is 17.1. The molecular formula is C66H47N3. The standard InChI is InChI=1S/C66H47N3/c1-66(54-21-9-4-10-22-54)44-53(46-18-7-3-8-19-46)43-61(67-66)52-20-15-23-56(40-52)69-63-27-14-12-25-58(63)60-42-51(35-39-65(60)69)50-34-38-64-59(41-50)57-24-11-13-26-62(57)68(64)55-36-32-49(33-37-55)48-30-28-47(29-31-48)45-16-5-2-6-17-45/h2-43H,44H2,1H3/t66-/m0/s1. The van der Waals surface area contributed by atoms with E-state index in [1.807, 2.05) is 0 Å². The molecule has 1 aliphatic heterocycles. The van der Waals surface area contributed by atoms with Gasteiger partial charge in [-0.2, -0.15) is 0 Å². The molecule has 2 aromatic heterocycles. The Morgan fingerprint density at radius 3 is 1.35 bits per heavy atom. The minimum atomic E-state index is -0.406. The number of fused-ring (bicyclic) bond motifs is 6. The minimum absolute atomic E-state index is 0.406. The van der Waals surface area contributed by atoms with E-state index in [1.54, 1.807) is 0 Å². The van der Waals surface area contributed by atoms with Crippen LogP contribution in [0.2, 0.25) is 0 Å². The van der Waals surface area contributed by atoms with Gasteiger partial charge in [0, 0.05) is 44.9 Å². The van der Waals surface area contributed by atoms with Gasteiger partial charge in [-0.15, -0.1) is 0 Å². The Kier molecular flexibility index (Phi) is 9.69. The number of hydrogen-bond donors (Lipinski definition) is 0. The lowest BCUT2D eigenvalue weighted by Gasteiger charge is -2.32. The number of para-hydroxylation sites is 2. The van der Waals surface area contributed by atoms with E-state index in [-0.39, 0.29) is 0 Å². The van der Waals surface area contributed by atoms with Gasteiger partial charge in [0.05, 0.1) is 33.3 Å². The molecule has 3 heterocycles. The molecular weight excluding hydrogens is 835 g/mol. The third-order valence-corrected chi connectivity index (χ3v) is 14.3. The van der Waals surface area contributed by atoms with E-state index in [4.69, 9.17) is 4.99 Å². The molecule has 326 valence electrons. The van der Waals surface area contributed by atoms with Gasteiger partial charge in [-0.1, -0.05) is 188 Å². The maximum absolute atomic E-state index is 5.54. The molecule has 0 radical (unpaired) electrons. The summed E-state index contributed by atoms with van der Waals surface area (Å²) in [5, 5.41) is 4.93. The van der Waals surface area contributed by atoms with Crippen molar-refractivity contribution in [2.45, 2.75) is 18.9 Å². The second-order valence-electron chi connectivity index (χ2n) is 18.6. The Labute approximate surface area is 402 Å². The van der Waals surface area contributed by atoms with Crippen molar-refractivity contribution < 1.29 is 0 Å². The van der Waals surface area contributed by atoms with Gasteiger partial charge in [0.25, 0.3) is 0 Å². The fourth-order valence-electron chi connectivity index (χ4n) is 10.8. The van der Waals surface area contributed by atoms with Crippen LogP contribution in [-0.4, -0.2) is 14.8 Å². The van der Waals surface area contributed by atoms with Crippen molar-refractivity contribution in [3.8, 4) is 44.8 Å². The Balaban J connectivity index is 0.868. The van der Waals surface area contributed by atoms with Gasteiger partial charge >= 0.3 is 0 Å². The van der Waals surface area contributed by atoms with Crippen molar-refractivity contribution in [2.24, 2.45) is 4.99 Å². The molecule has 3 nitrogen and oxygen atoms in total. The zero-order chi connectivity index (χ0) is 45.9. The summed E-state index contributed by atoms with van der Waals surface area (Å²) in [5.74, 6) is 0. The van der Waals surface area contributed by atoms with Gasteiger partial charge in [0.1, 0.15) is 0 Å². The van der Waals surface area contributed by atoms with Gasteiger partial charge in [0.15, 0.2) is 0 Å². The van der Waals surface area contributed by atoms with Crippen molar-refractivity contribution in [1.82, 2.24) is 9.13 Å². The highest BCUT2D eigenvalue weighted by Gasteiger charge is 2.32. The molecule has 1 atom stereocenters. The van der Waals surface area contributed by atoms with Crippen LogP contribution in [0.1, 0.15) is 30.0 Å². The first-order valence-electron chi connectivity index (χ1n) is 23.9. The lowest BCUT2D eigenvalue weighted by atomic mass is 9.80. The third-order valence-electron chi connectivity index (χ3n) is 14.3. The summed E-state index contributed by atoms with van der Waals surface area (Å²) in [7, 11) is 0. The van der Waals surface area contributed by atoms with Crippen LogP contribution in [0.15, 0.2) is 260 Å². The molecule has 0 saturated carbocycles. The van der Waals surface area contributed by atoms with Crippen LogP contribution in [0.25, 0.3) is 93.9 Å². The number of allylic oxidation sites excluding steroid dienone is 1. The Morgan fingerprint density at radius 2 is 0.768 bits per heavy atom. The minimum Gasteiger partial charge on any atom is -0.309 e. The van der Waals surface area contributed by atoms with E-state index < -0.39 is 5.54 Å². The number of aliphatic imine (C=N–C) groups is 1. The van der Waals surface area contributed by atoms with Crippen molar-refractivity contribution in [1.29, 1.82) is 0 Å². The quantitative estimate of drug-likeness (QED) is 0.145. The summed E-state index contributed by atoms with van der Waals surface area (Å²) in [6.07, 6.45) is 3.13. The topological polar surface area (TPSA) is 22.2 Å². The molecule has 0 saturated heterocycles. The number of nitrogens with zero attached hydrogens (tertiary/aromatic N) is 3. The summed E-state index contributed by atoms with van der Waals surface area (Å²) >= 11 is 0. The highest BCUT2D eigenvalue weighted by atomic mass is 15.0. The average Bonchev–Trinajstić information content (AvgIpc) is 3.94. The summed E-state index contributed by atoms with van der Waals surface area (Å²) in [6.45, 7) is 2.27. The first-order valence-corrected chi connectivity index (χ1v) is 23.9. The summed E-state index contributed by atoms with van der Waals surface area (Å²) in [4.78, 5) is 5.54. The summed E-state index contributed by atoms with van der Waals surface area (Å²) in [5.41, 5.74) is 19.7. The molecule has 0 spiro atoms. The van der Waals surface area contributed by atoms with Gasteiger partial charge < -0.3 is 9.13 Å². The number of benzene rings is 10. The number of aromatic nitrogens is 2. The number of dihydropyridines is 1. The van der Waals surface area contributed by atoms with Gasteiger partial charge in [-0.3, -0.25) is 4.99 Å². The molecule has 0 fully saturated rings. The van der Waals surface area contributed by atoms with Crippen LogP contribution in [0.5, 0.6) is 0 Å². The lowest BCUT2D eigenvalue weighted by Crippen LogP contribution is -2.25. The molecule has 1 aliphatic rings. The maximum Gasteiger partial charge on any atom is 0.0876 e. The molecule has 0 amide bonds. The number of hydrogen-bond acceptors (Lipinski definition) is 1. The van der Waals surface area contributed by atoms with Crippen LogP contribution in [0.3, 0.4) is 0 Å². The van der Waals surface area contributed by atoms with Gasteiger partial charge in [-0.25, -0.2) is 0 Å². The van der Waals surface area contributed by atoms with Gasteiger partial charge in [0.2, 0.25) is 0 Å². The van der Waals surface area contributed by atoms with E-state index in [0.29, 0.717) is 0 Å². The van der Waals surface area contributed by atoms with E-state index in [1.165, 1.54) is 93.7 Å². The molecule has 69 heavy (non-hydrogen) atoms. The van der Waals surface area contributed by atoms with Gasteiger partial charge in [-0.05, 0) is 124 Å². The average molecular weight is 882 g/mol. The van der Waals surface area contributed by atoms with Crippen LogP contribution in [0.4, 0.5) is 0 Å². The Morgan fingerprint density at radius 1 is 0.333 bits per heavy atom. The summed E-state index contributed by atoms with van der Waals surface area (Å²) < 4.78 is 4.82. The highest BCUT2D eigenvalue weighted by molar-refractivity contribution is 6.15. The molecule has 3 heteroatoms. The molecule has 10 aromatic carbocycles. The largest absolute Gasteiger partial charge is 0.309 e. The van der Waals surface area contributed by atoms with Crippen LogP contribution >= 0.6 is 0 Å². The Hall–Kier alpha value is -8.79. The van der Waals surface area contributed by atoms with Crippen LogP contribution in [-0.2, 0) is 5.54 Å². The molecule has 12 aromatic rings. The van der Waals surface area contributed by atoms with Crippen molar-refractivity contribution in [3.63, 3.8) is 0 Å². The van der Waals surface area contributed by atoms with Crippen LogP contribution in [0, 0.1) is 0 Å². The fourth-order valence-corrected chi connectivity index (χ4v) is 10.8. The molecule has 0 N–H and O–H groups in total. The predicted molar refractivity (Wildman–Crippen MR) is 291 cm³/mol. The van der Waals surface area contributed by atoms with E-state index >= 15 is 0 Å². The van der Waals surface area contributed by atoms with E-state index in [9.17, 15) is 0 Å². The van der Waals surface area contributed by atoms with Crippen molar-refractivity contribution in [2.75, 3.05) is 0 Å². The van der Waals surface area contributed by atoms with Crippen molar-refractivity contribution >= 4 is 54.9 Å². The SMILES string of the molecule is C[C@@]1(c2ccccc2)CC(c2ccccc2)=CC(c2cccc(-n3c4ccccc4c4cc(-c5ccc6c(c5)c5ccccc5n6-c5ccc(-c6ccc(-c7ccccc7)cc6)cc5)ccc43)c2)=N1.